The van der Waals surface area contributed by atoms with Gasteiger partial charge in [0.1, 0.15) is 5.82 Å². The van der Waals surface area contributed by atoms with Crippen LogP contribution in [0.2, 0.25) is 5.02 Å². The van der Waals surface area contributed by atoms with E-state index in [9.17, 15) is 14.0 Å². The first-order valence-electron chi connectivity index (χ1n) is 3.80. The third-order valence-electron chi connectivity index (χ3n) is 1.87. The number of hydrogen-bond donors (Lipinski definition) is 2. The highest BCUT2D eigenvalue weighted by molar-refractivity contribution is 9.10. The van der Waals surface area contributed by atoms with E-state index in [-0.39, 0.29) is 20.4 Å². The van der Waals surface area contributed by atoms with Crippen LogP contribution in [0.15, 0.2) is 20.1 Å². The highest BCUT2D eigenvalue weighted by atomic mass is 79.9. The molecule has 0 bridgehead atoms. The number of benzene rings is 1. The van der Waals surface area contributed by atoms with Crippen molar-refractivity contribution in [2.24, 2.45) is 0 Å². The van der Waals surface area contributed by atoms with Crippen LogP contribution in [0.1, 0.15) is 0 Å². The number of H-pyrrole nitrogens is 2. The largest absolute Gasteiger partial charge is 0.326 e. The molecule has 0 unspecified atom stereocenters. The summed E-state index contributed by atoms with van der Waals surface area (Å²) in [5.74, 6) is -0.728. The average Bonchev–Trinajstić information content (AvgIpc) is 2.17. The molecule has 4 nitrogen and oxygen atoms in total. The molecule has 0 radical (unpaired) electrons. The van der Waals surface area contributed by atoms with Crippen molar-refractivity contribution in [1.82, 2.24) is 9.97 Å². The van der Waals surface area contributed by atoms with Crippen molar-refractivity contribution in [3.8, 4) is 0 Å². The van der Waals surface area contributed by atoms with E-state index >= 15 is 0 Å². The zero-order chi connectivity index (χ0) is 11.2. The SMILES string of the molecule is O=c1[nH]c(=O)c2cc(F)c(Cl)c(Br)c2[nH]1. The summed E-state index contributed by atoms with van der Waals surface area (Å²) in [5, 5.41) is -0.146. The second-order valence-electron chi connectivity index (χ2n) is 2.82. The van der Waals surface area contributed by atoms with E-state index in [2.05, 4.69) is 20.9 Å². The summed E-state index contributed by atoms with van der Waals surface area (Å²) in [4.78, 5) is 26.6. The molecular weight excluding hydrogens is 290 g/mol. The molecule has 78 valence electrons. The second-order valence-corrected chi connectivity index (χ2v) is 3.99. The lowest BCUT2D eigenvalue weighted by Gasteiger charge is -2.02. The van der Waals surface area contributed by atoms with Gasteiger partial charge in [0.2, 0.25) is 0 Å². The van der Waals surface area contributed by atoms with Gasteiger partial charge in [0.15, 0.2) is 0 Å². The lowest BCUT2D eigenvalue weighted by Crippen LogP contribution is -2.22. The topological polar surface area (TPSA) is 65.7 Å². The first kappa shape index (κ1) is 10.4. The van der Waals surface area contributed by atoms with Crippen molar-refractivity contribution >= 4 is 38.4 Å². The molecule has 0 saturated heterocycles. The zero-order valence-corrected chi connectivity index (χ0v) is 9.37. The summed E-state index contributed by atoms with van der Waals surface area (Å²) in [5.41, 5.74) is -1.16. The van der Waals surface area contributed by atoms with Gasteiger partial charge in [-0.15, -0.1) is 0 Å². The Morgan fingerprint density at radius 1 is 1.33 bits per heavy atom. The fourth-order valence-corrected chi connectivity index (χ4v) is 1.86. The molecule has 2 rings (SSSR count). The standard InChI is InChI=1S/C8H3BrClFN2O2/c9-4-5(10)3(11)1-2-6(4)12-8(15)13-7(2)14/h1H,(H2,12,13,14,15). The average molecular weight is 293 g/mol. The normalized spacial score (nSPS) is 10.9. The van der Waals surface area contributed by atoms with Gasteiger partial charge in [0, 0.05) is 0 Å². The van der Waals surface area contributed by atoms with Crippen LogP contribution in [0.5, 0.6) is 0 Å². The number of halogens is 3. The lowest BCUT2D eigenvalue weighted by molar-refractivity contribution is 0.629. The lowest BCUT2D eigenvalue weighted by atomic mass is 10.2. The van der Waals surface area contributed by atoms with Crippen molar-refractivity contribution in [3.63, 3.8) is 0 Å². The van der Waals surface area contributed by atoms with Gasteiger partial charge in [-0.25, -0.2) is 9.18 Å². The minimum atomic E-state index is -0.728. The molecular formula is C8H3BrClFN2O2. The predicted octanol–water partition coefficient (Wildman–Crippen LogP) is 1.77. The fraction of sp³-hybridized carbons (Fsp3) is 0. The highest BCUT2D eigenvalue weighted by Crippen LogP contribution is 2.30. The summed E-state index contributed by atoms with van der Waals surface area (Å²) in [6.45, 7) is 0. The second kappa shape index (κ2) is 3.46. The maximum atomic E-state index is 13.2. The van der Waals surface area contributed by atoms with E-state index in [1.165, 1.54) is 0 Å². The van der Waals surface area contributed by atoms with Gasteiger partial charge < -0.3 is 4.98 Å². The molecule has 0 atom stereocenters. The van der Waals surface area contributed by atoms with Crippen LogP contribution in [-0.2, 0) is 0 Å². The third kappa shape index (κ3) is 1.59. The van der Waals surface area contributed by atoms with Crippen LogP contribution in [0, 0.1) is 5.82 Å². The Morgan fingerprint density at radius 2 is 2.00 bits per heavy atom. The number of aromatic amines is 2. The van der Waals surface area contributed by atoms with Crippen LogP contribution in [0.4, 0.5) is 4.39 Å². The van der Waals surface area contributed by atoms with Crippen LogP contribution >= 0.6 is 27.5 Å². The van der Waals surface area contributed by atoms with Crippen LogP contribution in [0.25, 0.3) is 10.9 Å². The molecule has 1 heterocycles. The van der Waals surface area contributed by atoms with Crippen molar-refractivity contribution in [1.29, 1.82) is 0 Å². The first-order valence-corrected chi connectivity index (χ1v) is 4.97. The van der Waals surface area contributed by atoms with Gasteiger partial charge in [-0.3, -0.25) is 9.78 Å². The molecule has 2 N–H and O–H groups in total. The zero-order valence-electron chi connectivity index (χ0n) is 7.03. The highest BCUT2D eigenvalue weighted by Gasteiger charge is 2.12. The van der Waals surface area contributed by atoms with Crippen LogP contribution < -0.4 is 11.2 Å². The molecule has 1 aromatic carbocycles. The summed E-state index contributed by atoms with van der Waals surface area (Å²) < 4.78 is 13.3. The molecule has 0 saturated carbocycles. The van der Waals surface area contributed by atoms with Crippen LogP contribution in [-0.4, -0.2) is 9.97 Å². The van der Waals surface area contributed by atoms with Crippen molar-refractivity contribution in [2.45, 2.75) is 0 Å². The molecule has 15 heavy (non-hydrogen) atoms. The summed E-state index contributed by atoms with van der Waals surface area (Å²) in [6, 6.07) is 0.969. The van der Waals surface area contributed by atoms with Gasteiger partial charge >= 0.3 is 5.69 Å². The van der Waals surface area contributed by atoms with Crippen molar-refractivity contribution in [2.75, 3.05) is 0 Å². The van der Waals surface area contributed by atoms with Gasteiger partial charge in [-0.2, -0.15) is 0 Å². The summed E-state index contributed by atoms with van der Waals surface area (Å²) in [6.07, 6.45) is 0. The Bertz CT molecular complexity index is 664. The van der Waals surface area contributed by atoms with E-state index in [1.54, 1.807) is 0 Å². The quantitative estimate of drug-likeness (QED) is 0.727. The van der Waals surface area contributed by atoms with Crippen molar-refractivity contribution in [3.05, 3.63) is 42.2 Å². The molecule has 0 aliphatic heterocycles. The Kier molecular flexibility index (Phi) is 2.40. The van der Waals surface area contributed by atoms with E-state index in [1.807, 2.05) is 4.98 Å². The summed E-state index contributed by atoms with van der Waals surface area (Å²) in [7, 11) is 0. The number of nitrogens with one attached hydrogen (secondary N) is 2. The third-order valence-corrected chi connectivity index (χ3v) is 3.26. The first-order chi connectivity index (χ1) is 7.00. The minimum Gasteiger partial charge on any atom is -0.306 e. The maximum absolute atomic E-state index is 13.2. The van der Waals surface area contributed by atoms with Crippen molar-refractivity contribution < 1.29 is 4.39 Å². The van der Waals surface area contributed by atoms with Crippen LogP contribution in [0.3, 0.4) is 0 Å². The van der Waals surface area contributed by atoms with Gasteiger partial charge in [0.05, 0.1) is 20.4 Å². The smallest absolute Gasteiger partial charge is 0.306 e. The molecule has 2 aromatic rings. The number of hydrogen-bond acceptors (Lipinski definition) is 2. The maximum Gasteiger partial charge on any atom is 0.326 e. The Labute approximate surface area is 95.2 Å². The number of aromatic nitrogens is 2. The molecule has 0 amide bonds. The molecule has 7 heteroatoms. The Balaban J connectivity index is 3.12. The molecule has 0 aliphatic rings. The van der Waals surface area contributed by atoms with E-state index < -0.39 is 17.1 Å². The van der Waals surface area contributed by atoms with Gasteiger partial charge in [-0.1, -0.05) is 11.6 Å². The molecule has 0 fully saturated rings. The monoisotopic (exact) mass is 292 g/mol. The molecule has 0 aliphatic carbocycles. The Hall–Kier alpha value is -1.14. The molecule has 0 spiro atoms. The van der Waals surface area contributed by atoms with E-state index in [0.29, 0.717) is 0 Å². The minimum absolute atomic E-state index is 0.0309. The Morgan fingerprint density at radius 3 is 2.67 bits per heavy atom. The van der Waals surface area contributed by atoms with Gasteiger partial charge in [-0.05, 0) is 22.0 Å². The number of rotatable bonds is 0. The van der Waals surface area contributed by atoms with E-state index in [0.717, 1.165) is 6.07 Å². The number of fused-ring (bicyclic) bond motifs is 1. The fourth-order valence-electron chi connectivity index (χ4n) is 1.21. The van der Waals surface area contributed by atoms with Gasteiger partial charge in [0.25, 0.3) is 5.56 Å². The van der Waals surface area contributed by atoms with E-state index in [4.69, 9.17) is 11.6 Å². The summed E-state index contributed by atoms with van der Waals surface area (Å²) >= 11 is 8.61. The molecule has 1 aromatic heterocycles. The predicted molar refractivity (Wildman–Crippen MR) is 57.9 cm³/mol.